The predicted molar refractivity (Wildman–Crippen MR) is 46.0 cm³/mol. The molecule has 0 aromatic carbocycles. The molecule has 0 aromatic heterocycles. The molecule has 2 N–H and O–H groups in total. The van der Waals surface area contributed by atoms with Crippen LogP contribution in [0.25, 0.3) is 0 Å². The van der Waals surface area contributed by atoms with Crippen molar-refractivity contribution in [2.45, 2.75) is 45.2 Å². The van der Waals surface area contributed by atoms with Crippen molar-refractivity contribution in [2.24, 2.45) is 11.8 Å². The molecule has 0 aromatic rings. The lowest BCUT2D eigenvalue weighted by Gasteiger charge is -2.12. The van der Waals surface area contributed by atoms with E-state index >= 15 is 0 Å². The minimum absolute atomic E-state index is 0.709. The second kappa shape index (κ2) is 2.76. The van der Waals surface area contributed by atoms with Crippen LogP contribution in [0.5, 0.6) is 0 Å². The summed E-state index contributed by atoms with van der Waals surface area (Å²) in [6, 6.07) is 1.49. The highest BCUT2D eigenvalue weighted by molar-refractivity contribution is 4.93. The number of hydrogen-bond acceptors (Lipinski definition) is 2. The summed E-state index contributed by atoms with van der Waals surface area (Å²) in [4.78, 5) is 0. The fraction of sp³-hybridized carbons (Fsp3) is 1.00. The van der Waals surface area contributed by atoms with Crippen molar-refractivity contribution >= 4 is 0 Å². The second-order valence-corrected chi connectivity index (χ2v) is 4.32. The maximum absolute atomic E-state index is 3.40. The normalized spacial score (nSPS) is 38.5. The van der Waals surface area contributed by atoms with Crippen LogP contribution in [-0.4, -0.2) is 12.1 Å². The van der Waals surface area contributed by atoms with Crippen LogP contribution in [0.4, 0.5) is 0 Å². The molecule has 64 valence electrons. The molecule has 1 aliphatic carbocycles. The van der Waals surface area contributed by atoms with Crippen LogP contribution in [0.3, 0.4) is 0 Å². The van der Waals surface area contributed by atoms with E-state index in [0.717, 1.165) is 17.9 Å². The van der Waals surface area contributed by atoms with Crippen molar-refractivity contribution in [3.8, 4) is 0 Å². The van der Waals surface area contributed by atoms with Gasteiger partial charge >= 0.3 is 0 Å². The van der Waals surface area contributed by atoms with Crippen LogP contribution in [0.2, 0.25) is 0 Å². The van der Waals surface area contributed by atoms with Crippen LogP contribution in [0.1, 0.15) is 33.1 Å². The zero-order valence-corrected chi connectivity index (χ0v) is 7.43. The minimum atomic E-state index is 0.709. The average molecular weight is 154 g/mol. The van der Waals surface area contributed by atoms with Crippen molar-refractivity contribution in [2.75, 3.05) is 0 Å². The summed E-state index contributed by atoms with van der Waals surface area (Å²) in [5.41, 5.74) is 6.78. The Morgan fingerprint density at radius 2 is 1.91 bits per heavy atom. The summed E-state index contributed by atoms with van der Waals surface area (Å²) in [5.74, 6) is 1.76. The molecule has 2 aliphatic rings. The van der Waals surface area contributed by atoms with Crippen molar-refractivity contribution in [3.05, 3.63) is 0 Å². The number of hydrogen-bond donors (Lipinski definition) is 2. The van der Waals surface area contributed by atoms with Crippen molar-refractivity contribution in [1.29, 1.82) is 0 Å². The quantitative estimate of drug-likeness (QED) is 0.626. The van der Waals surface area contributed by atoms with E-state index in [1.54, 1.807) is 0 Å². The van der Waals surface area contributed by atoms with Gasteiger partial charge in [0.2, 0.25) is 0 Å². The molecular formula is C9H18N2. The van der Waals surface area contributed by atoms with Gasteiger partial charge in [0.05, 0.1) is 0 Å². The lowest BCUT2D eigenvalue weighted by Crippen LogP contribution is -2.36. The second-order valence-electron chi connectivity index (χ2n) is 4.32. The highest BCUT2D eigenvalue weighted by atomic mass is 15.4. The SMILES string of the molecule is CC(C)C1CC(C2CC2)NN1. The van der Waals surface area contributed by atoms with E-state index in [2.05, 4.69) is 24.7 Å². The van der Waals surface area contributed by atoms with Gasteiger partial charge in [-0.1, -0.05) is 13.8 Å². The Kier molecular flexibility index (Phi) is 1.90. The first-order valence-electron chi connectivity index (χ1n) is 4.78. The first-order valence-corrected chi connectivity index (χ1v) is 4.78. The van der Waals surface area contributed by atoms with Gasteiger partial charge in [-0.25, -0.2) is 0 Å². The van der Waals surface area contributed by atoms with Crippen molar-refractivity contribution in [1.82, 2.24) is 10.9 Å². The number of rotatable bonds is 2. The smallest absolute Gasteiger partial charge is 0.0256 e. The molecule has 2 heteroatoms. The Labute approximate surface area is 68.7 Å². The van der Waals surface area contributed by atoms with Gasteiger partial charge in [-0.05, 0) is 31.1 Å². The molecule has 1 aliphatic heterocycles. The summed E-state index contributed by atoms with van der Waals surface area (Å²) in [7, 11) is 0. The maximum atomic E-state index is 3.40. The monoisotopic (exact) mass is 154 g/mol. The van der Waals surface area contributed by atoms with E-state index in [9.17, 15) is 0 Å². The maximum Gasteiger partial charge on any atom is 0.0256 e. The Bertz CT molecular complexity index is 132. The molecule has 2 atom stereocenters. The fourth-order valence-corrected chi connectivity index (χ4v) is 1.85. The molecule has 0 radical (unpaired) electrons. The summed E-state index contributed by atoms with van der Waals surface area (Å²) >= 11 is 0. The largest absolute Gasteiger partial charge is 0.254 e. The van der Waals surface area contributed by atoms with Gasteiger partial charge < -0.3 is 0 Å². The molecule has 1 saturated carbocycles. The van der Waals surface area contributed by atoms with Crippen LogP contribution >= 0.6 is 0 Å². The first-order chi connectivity index (χ1) is 5.27. The van der Waals surface area contributed by atoms with E-state index in [1.165, 1.54) is 19.3 Å². The summed E-state index contributed by atoms with van der Waals surface area (Å²) in [6.07, 6.45) is 4.23. The molecule has 1 saturated heterocycles. The average Bonchev–Trinajstić information content (AvgIpc) is 2.68. The summed E-state index contributed by atoms with van der Waals surface area (Å²) in [6.45, 7) is 4.57. The molecule has 2 fully saturated rings. The van der Waals surface area contributed by atoms with E-state index in [4.69, 9.17) is 0 Å². The zero-order chi connectivity index (χ0) is 7.84. The third kappa shape index (κ3) is 1.57. The third-order valence-electron chi connectivity index (χ3n) is 2.96. The lowest BCUT2D eigenvalue weighted by molar-refractivity contribution is 0.431. The Morgan fingerprint density at radius 1 is 1.18 bits per heavy atom. The molecule has 0 amide bonds. The van der Waals surface area contributed by atoms with Gasteiger partial charge in [0, 0.05) is 12.1 Å². The molecular weight excluding hydrogens is 136 g/mol. The standard InChI is InChI=1S/C9H18N2/c1-6(2)8-5-9(11-10-8)7-3-4-7/h6-11H,3-5H2,1-2H3. The van der Waals surface area contributed by atoms with Gasteiger partial charge in [0.25, 0.3) is 0 Å². The molecule has 2 unspecified atom stereocenters. The first kappa shape index (κ1) is 7.56. The highest BCUT2D eigenvalue weighted by Crippen LogP contribution is 2.36. The van der Waals surface area contributed by atoms with Crippen molar-refractivity contribution < 1.29 is 0 Å². The minimum Gasteiger partial charge on any atom is -0.254 e. The topological polar surface area (TPSA) is 24.1 Å². The Morgan fingerprint density at radius 3 is 2.36 bits per heavy atom. The fourth-order valence-electron chi connectivity index (χ4n) is 1.85. The van der Waals surface area contributed by atoms with Gasteiger partial charge in [-0.15, -0.1) is 0 Å². The number of nitrogens with one attached hydrogen (secondary N) is 2. The van der Waals surface area contributed by atoms with Gasteiger partial charge in [-0.2, -0.15) is 0 Å². The summed E-state index contributed by atoms with van der Waals surface area (Å²) < 4.78 is 0. The molecule has 1 heterocycles. The molecule has 2 nitrogen and oxygen atoms in total. The van der Waals surface area contributed by atoms with Gasteiger partial charge in [-0.3, -0.25) is 10.9 Å². The van der Waals surface area contributed by atoms with E-state index < -0.39 is 0 Å². The molecule has 0 bridgehead atoms. The van der Waals surface area contributed by atoms with E-state index in [0.29, 0.717) is 6.04 Å². The molecule has 0 spiro atoms. The van der Waals surface area contributed by atoms with Crippen LogP contribution in [0, 0.1) is 11.8 Å². The van der Waals surface area contributed by atoms with E-state index in [1.807, 2.05) is 0 Å². The van der Waals surface area contributed by atoms with Crippen LogP contribution in [-0.2, 0) is 0 Å². The van der Waals surface area contributed by atoms with Crippen molar-refractivity contribution in [3.63, 3.8) is 0 Å². The van der Waals surface area contributed by atoms with Gasteiger partial charge in [0.15, 0.2) is 0 Å². The molecule has 11 heavy (non-hydrogen) atoms. The van der Waals surface area contributed by atoms with E-state index in [-0.39, 0.29) is 0 Å². The Hall–Kier alpha value is -0.0800. The lowest BCUT2D eigenvalue weighted by atomic mass is 9.98. The zero-order valence-electron chi connectivity index (χ0n) is 7.43. The van der Waals surface area contributed by atoms with Gasteiger partial charge in [0.1, 0.15) is 0 Å². The number of hydrazine groups is 1. The van der Waals surface area contributed by atoms with Crippen LogP contribution < -0.4 is 10.9 Å². The highest BCUT2D eigenvalue weighted by Gasteiger charge is 2.36. The van der Waals surface area contributed by atoms with Crippen LogP contribution in [0.15, 0.2) is 0 Å². The third-order valence-corrected chi connectivity index (χ3v) is 2.96. The molecule has 2 rings (SSSR count). The Balaban J connectivity index is 1.82. The summed E-state index contributed by atoms with van der Waals surface area (Å²) in [5, 5.41) is 0. The predicted octanol–water partition coefficient (Wildman–Crippen LogP) is 1.29.